The number of hydrogen-bond donors (Lipinski definition) is 0. The summed E-state index contributed by atoms with van der Waals surface area (Å²) in [6.45, 7) is 1.18. The number of ketones is 1. The molecule has 19 heavy (non-hydrogen) atoms. The number of halogens is 3. The number of alkyl halides is 2. The third-order valence-electron chi connectivity index (χ3n) is 2.05. The number of thioether (sulfide) groups is 1. The van der Waals surface area contributed by atoms with Gasteiger partial charge in [-0.3, -0.25) is 4.79 Å². The van der Waals surface area contributed by atoms with E-state index in [2.05, 4.69) is 4.74 Å². The summed E-state index contributed by atoms with van der Waals surface area (Å²) in [6.07, 6.45) is 0. The molecule has 0 unspecified atom stereocenters. The fourth-order valence-corrected chi connectivity index (χ4v) is 2.25. The van der Waals surface area contributed by atoms with Crippen LogP contribution in [0.5, 0.6) is 0 Å². The molecule has 0 atom stereocenters. The van der Waals surface area contributed by atoms with Crippen molar-refractivity contribution in [3.63, 3.8) is 0 Å². The summed E-state index contributed by atoms with van der Waals surface area (Å²) < 4.78 is 30.8. The fraction of sp³-hybridized carbons (Fsp3) is 0.333. The van der Waals surface area contributed by atoms with Crippen LogP contribution in [0.4, 0.5) is 8.78 Å². The van der Waals surface area contributed by atoms with Gasteiger partial charge in [-0.25, -0.2) is 4.79 Å². The minimum absolute atomic E-state index is 0.205. The van der Waals surface area contributed by atoms with Gasteiger partial charge in [0.15, 0.2) is 0 Å². The Hall–Kier alpha value is -1.14. The van der Waals surface area contributed by atoms with Gasteiger partial charge in [0.2, 0.25) is 5.78 Å². The molecule has 1 aromatic carbocycles. The van der Waals surface area contributed by atoms with E-state index in [0.717, 1.165) is 11.8 Å². The van der Waals surface area contributed by atoms with E-state index in [9.17, 15) is 18.4 Å². The van der Waals surface area contributed by atoms with Crippen LogP contribution < -0.4 is 0 Å². The summed E-state index contributed by atoms with van der Waals surface area (Å²) in [6, 6.07) is 6.44. The van der Waals surface area contributed by atoms with Crippen LogP contribution in [0.3, 0.4) is 0 Å². The van der Waals surface area contributed by atoms with Crippen molar-refractivity contribution in [2.75, 3.05) is 12.4 Å². The molecule has 1 rings (SSSR count). The van der Waals surface area contributed by atoms with Crippen LogP contribution in [0.15, 0.2) is 29.2 Å². The Balaban J connectivity index is 2.62. The Morgan fingerprint density at radius 1 is 1.42 bits per heavy atom. The van der Waals surface area contributed by atoms with Crippen LogP contribution >= 0.6 is 23.4 Å². The maximum atomic E-state index is 13.3. The zero-order chi connectivity index (χ0) is 14.5. The number of Topliss-reactive ketones (excluding diaryl/α,β-unsaturated/α-hetero) is 1. The molecule has 0 heterocycles. The second-order valence-electron chi connectivity index (χ2n) is 3.46. The third-order valence-corrected chi connectivity index (χ3v) is 3.28. The largest absolute Gasteiger partial charge is 0.461 e. The second kappa shape index (κ2) is 6.86. The fourth-order valence-electron chi connectivity index (χ4n) is 1.13. The van der Waals surface area contributed by atoms with E-state index in [1.165, 1.54) is 6.92 Å². The van der Waals surface area contributed by atoms with Gasteiger partial charge in [0.25, 0.3) is 0 Å². The standard InChI is InChI=1S/C12H11ClF2O3S/c1-2-18-11(17)12(14,15)10(16)7-19-9-5-3-4-8(13)6-9/h3-6H,2,7H2,1H3. The van der Waals surface area contributed by atoms with Crippen molar-refractivity contribution in [2.24, 2.45) is 0 Å². The Labute approximate surface area is 118 Å². The number of hydrogen-bond acceptors (Lipinski definition) is 4. The first-order chi connectivity index (χ1) is 8.87. The Morgan fingerprint density at radius 2 is 2.11 bits per heavy atom. The van der Waals surface area contributed by atoms with Crippen LogP contribution in [0, 0.1) is 0 Å². The molecule has 0 bridgehead atoms. The first-order valence-electron chi connectivity index (χ1n) is 5.34. The lowest BCUT2D eigenvalue weighted by Crippen LogP contribution is -2.40. The van der Waals surface area contributed by atoms with Crippen molar-refractivity contribution < 1.29 is 23.1 Å². The summed E-state index contributed by atoms with van der Waals surface area (Å²) in [5.74, 6) is -7.95. The van der Waals surface area contributed by atoms with Crippen molar-refractivity contribution in [2.45, 2.75) is 17.7 Å². The van der Waals surface area contributed by atoms with Gasteiger partial charge in [-0.15, -0.1) is 11.8 Å². The zero-order valence-corrected chi connectivity index (χ0v) is 11.6. The van der Waals surface area contributed by atoms with E-state index in [1.807, 2.05) is 0 Å². The van der Waals surface area contributed by atoms with E-state index in [0.29, 0.717) is 9.92 Å². The van der Waals surface area contributed by atoms with Crippen LogP contribution in [0.1, 0.15) is 6.92 Å². The summed E-state index contributed by atoms with van der Waals surface area (Å²) >= 11 is 6.60. The van der Waals surface area contributed by atoms with Crippen molar-refractivity contribution in [1.82, 2.24) is 0 Å². The molecule has 0 fully saturated rings. The Morgan fingerprint density at radius 3 is 2.68 bits per heavy atom. The van der Waals surface area contributed by atoms with Gasteiger partial charge in [0, 0.05) is 9.92 Å². The topological polar surface area (TPSA) is 43.4 Å². The molecule has 0 amide bonds. The quantitative estimate of drug-likeness (QED) is 0.460. The molecule has 0 radical (unpaired) electrons. The SMILES string of the molecule is CCOC(=O)C(F)(F)C(=O)CSc1cccc(Cl)c1. The van der Waals surface area contributed by atoms with Crippen LogP contribution in [0.25, 0.3) is 0 Å². The summed E-state index contributed by atoms with van der Waals surface area (Å²) in [4.78, 5) is 22.9. The highest BCUT2D eigenvalue weighted by molar-refractivity contribution is 8.00. The number of benzene rings is 1. The van der Waals surface area contributed by atoms with Crippen LogP contribution in [-0.2, 0) is 14.3 Å². The van der Waals surface area contributed by atoms with Crippen molar-refractivity contribution in [3.05, 3.63) is 29.3 Å². The highest BCUT2D eigenvalue weighted by Gasteiger charge is 2.48. The number of rotatable bonds is 6. The molecule has 0 aliphatic heterocycles. The van der Waals surface area contributed by atoms with Crippen molar-refractivity contribution in [3.8, 4) is 0 Å². The Kier molecular flexibility index (Phi) is 5.75. The van der Waals surface area contributed by atoms with Gasteiger partial charge in [-0.2, -0.15) is 8.78 Å². The molecule has 0 aliphatic rings. The first-order valence-corrected chi connectivity index (χ1v) is 6.71. The minimum Gasteiger partial charge on any atom is -0.461 e. The van der Waals surface area contributed by atoms with E-state index in [1.54, 1.807) is 24.3 Å². The van der Waals surface area contributed by atoms with Crippen LogP contribution in [0.2, 0.25) is 5.02 Å². The molecule has 0 saturated carbocycles. The summed E-state index contributed by atoms with van der Waals surface area (Å²) in [5, 5.41) is 0.439. The molecule has 0 saturated heterocycles. The molecule has 0 aliphatic carbocycles. The van der Waals surface area contributed by atoms with Gasteiger partial charge in [0.05, 0.1) is 12.4 Å². The summed E-state index contributed by atoms with van der Waals surface area (Å²) in [7, 11) is 0. The molecule has 7 heteroatoms. The van der Waals surface area contributed by atoms with Crippen LogP contribution in [-0.4, -0.2) is 30.0 Å². The monoisotopic (exact) mass is 308 g/mol. The molecule has 0 spiro atoms. The maximum absolute atomic E-state index is 13.3. The lowest BCUT2D eigenvalue weighted by atomic mass is 10.2. The highest BCUT2D eigenvalue weighted by atomic mass is 35.5. The van der Waals surface area contributed by atoms with Crippen molar-refractivity contribution >= 4 is 35.1 Å². The van der Waals surface area contributed by atoms with E-state index >= 15 is 0 Å². The van der Waals surface area contributed by atoms with Gasteiger partial charge in [-0.05, 0) is 25.1 Å². The first kappa shape index (κ1) is 15.9. The second-order valence-corrected chi connectivity index (χ2v) is 4.95. The molecule has 0 N–H and O–H groups in total. The molecule has 0 aromatic heterocycles. The predicted molar refractivity (Wildman–Crippen MR) is 68.8 cm³/mol. The maximum Gasteiger partial charge on any atom is 0.400 e. The number of carbonyl (C=O) groups excluding carboxylic acids is 2. The molecule has 104 valence electrons. The minimum atomic E-state index is -4.11. The third kappa shape index (κ3) is 4.47. The van der Waals surface area contributed by atoms with E-state index < -0.39 is 23.4 Å². The number of esters is 1. The molecular weight excluding hydrogens is 298 g/mol. The molecule has 1 aromatic rings. The van der Waals surface area contributed by atoms with Gasteiger partial charge in [-0.1, -0.05) is 17.7 Å². The lowest BCUT2D eigenvalue weighted by molar-refractivity contribution is -0.175. The number of carbonyl (C=O) groups is 2. The van der Waals surface area contributed by atoms with E-state index in [4.69, 9.17) is 11.6 Å². The van der Waals surface area contributed by atoms with E-state index in [-0.39, 0.29) is 6.61 Å². The normalized spacial score (nSPS) is 11.2. The van der Waals surface area contributed by atoms with Gasteiger partial charge >= 0.3 is 11.9 Å². The molecular formula is C12H11ClF2O3S. The summed E-state index contributed by atoms with van der Waals surface area (Å²) in [5.41, 5.74) is 0. The predicted octanol–water partition coefficient (Wildman–Crippen LogP) is 3.20. The smallest absolute Gasteiger partial charge is 0.400 e. The zero-order valence-electron chi connectivity index (χ0n) is 9.99. The number of ether oxygens (including phenoxy) is 1. The highest BCUT2D eigenvalue weighted by Crippen LogP contribution is 2.25. The average molecular weight is 309 g/mol. The Bertz CT molecular complexity index is 480. The molecule has 3 nitrogen and oxygen atoms in total. The van der Waals surface area contributed by atoms with Gasteiger partial charge in [0.1, 0.15) is 0 Å². The van der Waals surface area contributed by atoms with Gasteiger partial charge < -0.3 is 4.74 Å². The average Bonchev–Trinajstić information content (AvgIpc) is 2.36. The van der Waals surface area contributed by atoms with Crippen molar-refractivity contribution in [1.29, 1.82) is 0 Å². The lowest BCUT2D eigenvalue weighted by Gasteiger charge is -2.12.